The lowest BCUT2D eigenvalue weighted by molar-refractivity contribution is -0.130. The molecule has 190 valence electrons. The summed E-state index contributed by atoms with van der Waals surface area (Å²) in [6.07, 6.45) is 0.0617. The van der Waals surface area contributed by atoms with Gasteiger partial charge in [-0.25, -0.2) is 9.07 Å². The lowest BCUT2D eigenvalue weighted by Gasteiger charge is -2.36. The number of rotatable bonds is 6. The zero-order chi connectivity index (χ0) is 25.9. The van der Waals surface area contributed by atoms with E-state index in [1.807, 2.05) is 35.2 Å². The second kappa shape index (κ2) is 10.7. The molecular weight excluding hydrogens is 539 g/mol. The van der Waals surface area contributed by atoms with Crippen molar-refractivity contribution in [1.82, 2.24) is 14.7 Å². The molecule has 1 aromatic heterocycles. The summed E-state index contributed by atoms with van der Waals surface area (Å²) >= 11 is 3.25. The summed E-state index contributed by atoms with van der Waals surface area (Å²) in [4.78, 5) is 30.5. The number of nitrogens with zero attached hydrogens (tertiary/aromatic N) is 4. The Labute approximate surface area is 222 Å². The van der Waals surface area contributed by atoms with E-state index >= 15 is 0 Å². The molecule has 0 spiro atoms. The van der Waals surface area contributed by atoms with Crippen molar-refractivity contribution in [2.24, 2.45) is 0 Å². The highest BCUT2D eigenvalue weighted by Crippen LogP contribution is 2.22. The summed E-state index contributed by atoms with van der Waals surface area (Å²) < 4.78 is 21.6. The van der Waals surface area contributed by atoms with Gasteiger partial charge in [0.25, 0.3) is 5.56 Å². The number of anilines is 1. The number of hydrogen-bond acceptors (Lipinski definition) is 5. The minimum Gasteiger partial charge on any atom is -0.497 e. The number of carbonyl (C=O) groups is 1. The quantitative estimate of drug-likeness (QED) is 0.350. The number of piperazine rings is 1. The Morgan fingerprint density at radius 2 is 1.70 bits per heavy atom. The molecule has 0 saturated carbocycles. The van der Waals surface area contributed by atoms with Crippen LogP contribution in [0.1, 0.15) is 11.3 Å². The maximum absolute atomic E-state index is 14.5. The number of methoxy groups -OCH3 is 1. The summed E-state index contributed by atoms with van der Waals surface area (Å²) in [6.45, 7) is 2.59. The van der Waals surface area contributed by atoms with Crippen LogP contribution in [0.3, 0.4) is 0 Å². The van der Waals surface area contributed by atoms with Crippen molar-refractivity contribution in [2.45, 2.75) is 13.0 Å². The van der Waals surface area contributed by atoms with Crippen molar-refractivity contribution in [3.63, 3.8) is 0 Å². The van der Waals surface area contributed by atoms with Crippen molar-refractivity contribution in [2.75, 3.05) is 38.2 Å². The van der Waals surface area contributed by atoms with Crippen LogP contribution in [0, 0.1) is 5.82 Å². The van der Waals surface area contributed by atoms with Crippen LogP contribution in [0.15, 0.2) is 76.0 Å². The summed E-state index contributed by atoms with van der Waals surface area (Å²) in [6, 6.07) is 19.7. The van der Waals surface area contributed by atoms with Gasteiger partial charge < -0.3 is 14.5 Å². The number of fused-ring (bicyclic) bond motifs is 1. The zero-order valence-corrected chi connectivity index (χ0v) is 21.9. The van der Waals surface area contributed by atoms with Gasteiger partial charge in [-0.15, -0.1) is 0 Å². The molecule has 4 aromatic rings. The van der Waals surface area contributed by atoms with E-state index in [0.29, 0.717) is 52.7 Å². The molecule has 0 bridgehead atoms. The summed E-state index contributed by atoms with van der Waals surface area (Å²) in [7, 11) is 1.64. The van der Waals surface area contributed by atoms with E-state index in [-0.39, 0.29) is 24.4 Å². The summed E-state index contributed by atoms with van der Waals surface area (Å²) in [5.41, 5.74) is 1.63. The van der Waals surface area contributed by atoms with Crippen molar-refractivity contribution in [1.29, 1.82) is 0 Å². The van der Waals surface area contributed by atoms with Crippen LogP contribution < -0.4 is 15.2 Å². The summed E-state index contributed by atoms with van der Waals surface area (Å²) in [5, 5.41) is 5.63. The second-order valence-electron chi connectivity index (χ2n) is 8.93. The molecule has 9 heteroatoms. The number of hydrogen-bond donors (Lipinski definition) is 0. The molecular formula is C28H26BrFN4O3. The smallest absolute Gasteiger partial charge is 0.274 e. The lowest BCUT2D eigenvalue weighted by atomic mass is 10.1. The SMILES string of the molecule is COc1ccc(N2CCN(C(=O)Cc3nn(Cc4ccc(Br)cc4F)c(=O)c4ccccc34)CC2)cc1. The van der Waals surface area contributed by atoms with E-state index in [4.69, 9.17) is 4.74 Å². The van der Waals surface area contributed by atoms with Gasteiger partial charge in [-0.3, -0.25) is 9.59 Å². The van der Waals surface area contributed by atoms with E-state index in [0.717, 1.165) is 11.4 Å². The largest absolute Gasteiger partial charge is 0.497 e. The number of halogens is 2. The van der Waals surface area contributed by atoms with Crippen LogP contribution in [0.25, 0.3) is 10.8 Å². The third-order valence-corrected chi connectivity index (χ3v) is 7.16. The Morgan fingerprint density at radius 3 is 2.38 bits per heavy atom. The fourth-order valence-corrected chi connectivity index (χ4v) is 4.95. The van der Waals surface area contributed by atoms with E-state index in [1.165, 1.54) is 10.7 Å². The van der Waals surface area contributed by atoms with Crippen molar-refractivity contribution < 1.29 is 13.9 Å². The Kier molecular flexibility index (Phi) is 7.23. The van der Waals surface area contributed by atoms with Gasteiger partial charge in [0.1, 0.15) is 11.6 Å². The second-order valence-corrected chi connectivity index (χ2v) is 9.85. The maximum atomic E-state index is 14.5. The molecule has 0 aliphatic carbocycles. The van der Waals surface area contributed by atoms with Crippen LogP contribution in [0.2, 0.25) is 0 Å². The first-order valence-corrected chi connectivity index (χ1v) is 12.8. The molecule has 0 atom stereocenters. The lowest BCUT2D eigenvalue weighted by Crippen LogP contribution is -2.49. The Bertz CT molecular complexity index is 1500. The van der Waals surface area contributed by atoms with E-state index in [2.05, 4.69) is 25.9 Å². The molecule has 1 aliphatic rings. The minimum atomic E-state index is -0.427. The van der Waals surface area contributed by atoms with Gasteiger partial charge in [0.2, 0.25) is 5.91 Å². The molecule has 1 fully saturated rings. The average Bonchev–Trinajstić information content (AvgIpc) is 2.93. The summed E-state index contributed by atoms with van der Waals surface area (Å²) in [5.74, 6) is 0.331. The van der Waals surface area contributed by atoms with Crippen molar-refractivity contribution in [3.8, 4) is 5.75 Å². The van der Waals surface area contributed by atoms with E-state index < -0.39 is 5.82 Å². The van der Waals surface area contributed by atoms with E-state index in [1.54, 1.807) is 37.4 Å². The number of benzene rings is 3. The Balaban J connectivity index is 1.35. The molecule has 0 unspecified atom stereocenters. The molecule has 7 nitrogen and oxygen atoms in total. The Hall–Kier alpha value is -3.72. The first-order valence-electron chi connectivity index (χ1n) is 12.0. The molecule has 3 aromatic carbocycles. The average molecular weight is 565 g/mol. The van der Waals surface area contributed by atoms with Crippen LogP contribution >= 0.6 is 15.9 Å². The molecule has 0 radical (unpaired) electrons. The standard InChI is InChI=1S/C28H26BrFN4O3/c1-37-22-10-8-21(9-11-22)32-12-14-33(15-13-32)27(35)17-26-23-4-2-3-5-24(23)28(36)34(31-26)18-19-6-7-20(29)16-25(19)30/h2-11,16H,12-15,17-18H2,1H3. The number of ether oxygens (including phenoxy) is 1. The predicted octanol–water partition coefficient (Wildman–Crippen LogP) is 4.25. The highest BCUT2D eigenvalue weighted by Gasteiger charge is 2.23. The topological polar surface area (TPSA) is 67.7 Å². The van der Waals surface area contributed by atoms with Gasteiger partial charge in [-0.05, 0) is 42.5 Å². The fourth-order valence-electron chi connectivity index (χ4n) is 4.62. The fraction of sp³-hybridized carbons (Fsp3) is 0.250. The number of carbonyl (C=O) groups excluding carboxylic acids is 1. The Morgan fingerprint density at radius 1 is 1.00 bits per heavy atom. The molecule has 1 saturated heterocycles. The molecule has 5 rings (SSSR count). The van der Waals surface area contributed by atoms with Gasteiger partial charge >= 0.3 is 0 Å². The van der Waals surface area contributed by atoms with Gasteiger partial charge in [0.05, 0.1) is 31.2 Å². The van der Waals surface area contributed by atoms with Gasteiger partial charge in [-0.2, -0.15) is 5.10 Å². The highest BCUT2D eigenvalue weighted by molar-refractivity contribution is 9.10. The normalized spacial score (nSPS) is 13.7. The van der Waals surface area contributed by atoms with Crippen molar-refractivity contribution in [3.05, 3.63) is 98.6 Å². The first-order chi connectivity index (χ1) is 17.9. The van der Waals surface area contributed by atoms with Crippen LogP contribution in [-0.2, 0) is 17.8 Å². The monoisotopic (exact) mass is 564 g/mol. The molecule has 37 heavy (non-hydrogen) atoms. The third kappa shape index (κ3) is 5.36. The predicted molar refractivity (Wildman–Crippen MR) is 145 cm³/mol. The molecule has 2 heterocycles. The number of amides is 1. The minimum absolute atomic E-state index is 0.0233. The van der Waals surface area contributed by atoms with Gasteiger partial charge in [-0.1, -0.05) is 40.2 Å². The van der Waals surface area contributed by atoms with Gasteiger partial charge in [0.15, 0.2) is 0 Å². The molecule has 1 amide bonds. The van der Waals surface area contributed by atoms with Crippen LogP contribution in [-0.4, -0.2) is 53.9 Å². The molecule has 0 N–H and O–H groups in total. The maximum Gasteiger partial charge on any atom is 0.274 e. The molecule has 1 aliphatic heterocycles. The highest BCUT2D eigenvalue weighted by atomic mass is 79.9. The van der Waals surface area contributed by atoms with Gasteiger partial charge in [0, 0.05) is 47.3 Å². The third-order valence-electron chi connectivity index (χ3n) is 6.67. The van der Waals surface area contributed by atoms with Crippen molar-refractivity contribution >= 4 is 38.3 Å². The van der Waals surface area contributed by atoms with E-state index in [9.17, 15) is 14.0 Å². The van der Waals surface area contributed by atoms with Crippen LogP contribution in [0.4, 0.5) is 10.1 Å². The zero-order valence-electron chi connectivity index (χ0n) is 20.4. The first kappa shape index (κ1) is 25.0. The number of aromatic nitrogens is 2. The van der Waals surface area contributed by atoms with Crippen LogP contribution in [0.5, 0.6) is 5.75 Å².